The lowest BCUT2D eigenvalue weighted by molar-refractivity contribution is 0.249. The quantitative estimate of drug-likeness (QED) is 0.469. The largest absolute Gasteiger partial charge is 0.424 e. The Bertz CT molecular complexity index is 94.2. The fourth-order valence-corrected chi connectivity index (χ4v) is 1.48. The van der Waals surface area contributed by atoms with Crippen LogP contribution in [0.15, 0.2) is 0 Å². The molecule has 0 rings (SSSR count). The number of rotatable bonds is 4. The highest BCUT2D eigenvalue weighted by Crippen LogP contribution is 2.17. The van der Waals surface area contributed by atoms with Gasteiger partial charge in [0.2, 0.25) is 0 Å². The van der Waals surface area contributed by atoms with Gasteiger partial charge in [-0.1, -0.05) is 34.6 Å². The molecule has 0 saturated carbocycles. The summed E-state index contributed by atoms with van der Waals surface area (Å²) in [5.41, 5.74) is 1.24. The van der Waals surface area contributed by atoms with E-state index in [0.29, 0.717) is 5.41 Å². The maximum Gasteiger partial charge on any atom is 0.164 e. The first-order chi connectivity index (χ1) is 4.92. The van der Waals surface area contributed by atoms with Gasteiger partial charge in [0.05, 0.1) is 0 Å². The van der Waals surface area contributed by atoms with Crippen LogP contribution in [-0.2, 0) is 4.43 Å². The summed E-state index contributed by atoms with van der Waals surface area (Å²) < 4.78 is 5.61. The van der Waals surface area contributed by atoms with Crippen LogP contribution in [0.5, 0.6) is 0 Å². The third kappa shape index (κ3) is 10.2. The minimum Gasteiger partial charge on any atom is -0.424 e. The van der Waals surface area contributed by atoms with E-state index in [1.165, 1.54) is 6.42 Å². The Labute approximate surface area is 73.5 Å². The van der Waals surface area contributed by atoms with Gasteiger partial charge in [-0.25, -0.2) is 0 Å². The normalized spacial score (nSPS) is 13.6. The smallest absolute Gasteiger partial charge is 0.164 e. The second-order valence-corrected chi connectivity index (χ2v) is 7.15. The molecule has 0 atom stereocenters. The van der Waals surface area contributed by atoms with Gasteiger partial charge < -0.3 is 4.43 Å². The van der Waals surface area contributed by atoms with Crippen molar-refractivity contribution in [3.63, 3.8) is 0 Å². The van der Waals surface area contributed by atoms with Gasteiger partial charge >= 0.3 is 0 Å². The Kier molecular flexibility index (Phi) is 5.02. The molecule has 0 saturated heterocycles. The monoisotopic (exact) mass is 174 g/mol. The molecule has 0 radical (unpaired) electrons. The van der Waals surface area contributed by atoms with E-state index in [0.717, 1.165) is 12.1 Å². The Hall–Kier alpha value is 0.177. The Morgan fingerprint density at radius 1 is 1.27 bits per heavy atom. The average molecular weight is 174 g/mol. The molecule has 68 valence electrons. The molecular formula is C9H22OSi. The maximum atomic E-state index is 5.61. The molecule has 1 nitrogen and oxygen atoms in total. The van der Waals surface area contributed by atoms with Crippen molar-refractivity contribution in [2.24, 2.45) is 5.41 Å². The highest BCUT2D eigenvalue weighted by Gasteiger charge is 2.09. The highest BCUT2D eigenvalue weighted by molar-refractivity contribution is 6.29. The standard InChI is InChI=1S/C9H22OSi/c1-8(2)11-10-7-6-9(3,4)5/h8H,6-7,11H2,1-5H3. The molecule has 0 aromatic carbocycles. The van der Waals surface area contributed by atoms with Gasteiger partial charge in [-0.15, -0.1) is 0 Å². The van der Waals surface area contributed by atoms with Gasteiger partial charge in [-0.3, -0.25) is 0 Å². The predicted molar refractivity (Wildman–Crippen MR) is 53.7 cm³/mol. The fourth-order valence-electron chi connectivity index (χ4n) is 0.697. The van der Waals surface area contributed by atoms with E-state index in [2.05, 4.69) is 34.6 Å². The van der Waals surface area contributed by atoms with Crippen LogP contribution in [0.3, 0.4) is 0 Å². The summed E-state index contributed by atoms with van der Waals surface area (Å²) >= 11 is 0. The lowest BCUT2D eigenvalue weighted by Crippen LogP contribution is -2.12. The third-order valence-corrected chi connectivity index (χ3v) is 2.64. The molecule has 2 heteroatoms. The van der Waals surface area contributed by atoms with Crippen LogP contribution in [0, 0.1) is 5.41 Å². The van der Waals surface area contributed by atoms with E-state index < -0.39 is 0 Å². The second kappa shape index (κ2) is 4.94. The topological polar surface area (TPSA) is 9.23 Å². The second-order valence-electron chi connectivity index (χ2n) is 4.78. The number of hydrogen-bond donors (Lipinski definition) is 0. The van der Waals surface area contributed by atoms with E-state index in [9.17, 15) is 0 Å². The molecule has 0 fully saturated rings. The van der Waals surface area contributed by atoms with Crippen LogP contribution in [0.1, 0.15) is 41.0 Å². The van der Waals surface area contributed by atoms with Crippen LogP contribution < -0.4 is 0 Å². The molecule has 11 heavy (non-hydrogen) atoms. The fraction of sp³-hybridized carbons (Fsp3) is 1.00. The maximum absolute atomic E-state index is 5.61. The summed E-state index contributed by atoms with van der Waals surface area (Å²) in [5.74, 6) is 0. The van der Waals surface area contributed by atoms with Crippen LogP contribution in [0.2, 0.25) is 5.54 Å². The Morgan fingerprint density at radius 2 is 1.82 bits per heavy atom. The molecular weight excluding hydrogens is 152 g/mol. The first kappa shape index (κ1) is 11.2. The summed E-state index contributed by atoms with van der Waals surface area (Å²) in [7, 11) is -0.223. The molecule has 0 aromatic rings. The van der Waals surface area contributed by atoms with Crippen molar-refractivity contribution in [2.75, 3.05) is 6.61 Å². The zero-order chi connectivity index (χ0) is 8.91. The Morgan fingerprint density at radius 3 is 2.18 bits per heavy atom. The highest BCUT2D eigenvalue weighted by atomic mass is 28.2. The summed E-state index contributed by atoms with van der Waals surface area (Å²) in [6.07, 6.45) is 1.19. The first-order valence-electron chi connectivity index (χ1n) is 4.49. The van der Waals surface area contributed by atoms with E-state index >= 15 is 0 Å². The zero-order valence-corrected chi connectivity index (χ0v) is 10.0. The van der Waals surface area contributed by atoms with Crippen molar-refractivity contribution in [3.05, 3.63) is 0 Å². The van der Waals surface area contributed by atoms with Crippen molar-refractivity contribution in [1.29, 1.82) is 0 Å². The number of hydrogen-bond acceptors (Lipinski definition) is 1. The molecule has 0 unspecified atom stereocenters. The Balaban J connectivity index is 3.15. The van der Waals surface area contributed by atoms with Gasteiger partial charge in [-0.05, 0) is 17.4 Å². The lowest BCUT2D eigenvalue weighted by atomic mass is 9.93. The molecule has 0 aliphatic carbocycles. The minimum absolute atomic E-state index is 0.223. The molecule has 0 N–H and O–H groups in total. The zero-order valence-electron chi connectivity index (χ0n) is 8.61. The predicted octanol–water partition coefficient (Wildman–Crippen LogP) is 2.35. The van der Waals surface area contributed by atoms with Crippen molar-refractivity contribution in [1.82, 2.24) is 0 Å². The summed E-state index contributed by atoms with van der Waals surface area (Å²) in [6.45, 7) is 12.2. The van der Waals surface area contributed by atoms with Gasteiger partial charge in [0.25, 0.3) is 0 Å². The van der Waals surface area contributed by atoms with Crippen molar-refractivity contribution >= 4 is 9.76 Å². The summed E-state index contributed by atoms with van der Waals surface area (Å²) in [4.78, 5) is 0. The van der Waals surface area contributed by atoms with Crippen LogP contribution in [-0.4, -0.2) is 16.4 Å². The molecule has 0 spiro atoms. The van der Waals surface area contributed by atoms with E-state index in [1.54, 1.807) is 0 Å². The molecule has 0 bridgehead atoms. The summed E-state index contributed by atoms with van der Waals surface area (Å²) in [6, 6.07) is 0. The van der Waals surface area contributed by atoms with Crippen molar-refractivity contribution < 1.29 is 4.43 Å². The van der Waals surface area contributed by atoms with Gasteiger partial charge in [-0.2, -0.15) is 0 Å². The molecule has 0 aliphatic heterocycles. The SMILES string of the molecule is CC(C)[SiH2]OCCC(C)(C)C. The minimum atomic E-state index is -0.223. The van der Waals surface area contributed by atoms with Crippen molar-refractivity contribution in [3.8, 4) is 0 Å². The molecule has 0 aromatic heterocycles. The van der Waals surface area contributed by atoms with Crippen molar-refractivity contribution in [2.45, 2.75) is 46.6 Å². The van der Waals surface area contributed by atoms with Gasteiger partial charge in [0.1, 0.15) is 0 Å². The molecule has 0 amide bonds. The lowest BCUT2D eigenvalue weighted by Gasteiger charge is -2.18. The average Bonchev–Trinajstić information content (AvgIpc) is 1.78. The van der Waals surface area contributed by atoms with Gasteiger partial charge in [0.15, 0.2) is 9.76 Å². The first-order valence-corrected chi connectivity index (χ1v) is 5.89. The van der Waals surface area contributed by atoms with E-state index in [4.69, 9.17) is 4.43 Å². The summed E-state index contributed by atoms with van der Waals surface area (Å²) in [5, 5.41) is 0. The molecule has 0 heterocycles. The third-order valence-electron chi connectivity index (χ3n) is 1.45. The van der Waals surface area contributed by atoms with Gasteiger partial charge in [0, 0.05) is 6.61 Å². The molecule has 0 aliphatic rings. The van der Waals surface area contributed by atoms with Crippen LogP contribution in [0.25, 0.3) is 0 Å². The van der Waals surface area contributed by atoms with E-state index in [1.807, 2.05) is 0 Å². The van der Waals surface area contributed by atoms with E-state index in [-0.39, 0.29) is 9.76 Å². The van der Waals surface area contributed by atoms with Crippen LogP contribution in [0.4, 0.5) is 0 Å². The van der Waals surface area contributed by atoms with Crippen LogP contribution >= 0.6 is 0 Å².